The van der Waals surface area contributed by atoms with Gasteiger partial charge in [-0.15, -0.1) is 0 Å². The van der Waals surface area contributed by atoms with Crippen LogP contribution in [0.4, 0.5) is 22.7 Å². The molecule has 0 saturated heterocycles. The Labute approximate surface area is 133 Å². The zero-order valence-electron chi connectivity index (χ0n) is 12.8. The highest BCUT2D eigenvalue weighted by molar-refractivity contribution is 5.99. The van der Waals surface area contributed by atoms with Gasteiger partial charge in [-0.25, -0.2) is 4.99 Å². The third-order valence-corrected chi connectivity index (χ3v) is 3.45. The summed E-state index contributed by atoms with van der Waals surface area (Å²) in [6, 6.07) is 12.3. The fourth-order valence-electron chi connectivity index (χ4n) is 2.22. The minimum atomic E-state index is -0.451. The number of hydrogen-bond acceptors (Lipinski definition) is 6. The summed E-state index contributed by atoms with van der Waals surface area (Å²) in [5, 5.41) is 14.0. The van der Waals surface area contributed by atoms with Crippen molar-refractivity contribution in [2.75, 3.05) is 30.9 Å². The highest BCUT2D eigenvalue weighted by atomic mass is 16.6. The average Bonchev–Trinajstić information content (AvgIpc) is 2.54. The molecular formula is C16H16N4O3. The largest absolute Gasteiger partial charge is 0.483 e. The maximum Gasteiger partial charge on any atom is 0.273 e. The van der Waals surface area contributed by atoms with Gasteiger partial charge in [-0.3, -0.25) is 10.1 Å². The van der Waals surface area contributed by atoms with E-state index in [1.807, 2.05) is 43.3 Å². The Balaban J connectivity index is 1.78. The summed E-state index contributed by atoms with van der Waals surface area (Å²) < 4.78 is 5.56. The van der Waals surface area contributed by atoms with Gasteiger partial charge in [0.2, 0.25) is 0 Å². The second-order valence-electron chi connectivity index (χ2n) is 5.32. The molecule has 0 aromatic heterocycles. The monoisotopic (exact) mass is 312 g/mol. The summed E-state index contributed by atoms with van der Waals surface area (Å²) in [6.07, 6.45) is 0. The van der Waals surface area contributed by atoms with E-state index in [2.05, 4.69) is 10.3 Å². The van der Waals surface area contributed by atoms with Gasteiger partial charge in [0.15, 0.2) is 5.75 Å². The molecule has 0 fully saturated rings. The quantitative estimate of drug-likeness (QED) is 0.695. The topological polar surface area (TPSA) is 80.0 Å². The molecule has 3 rings (SSSR count). The maximum absolute atomic E-state index is 10.8. The number of ether oxygens (including phenoxy) is 1. The zero-order chi connectivity index (χ0) is 16.4. The van der Waals surface area contributed by atoms with Crippen LogP contribution in [0.2, 0.25) is 0 Å². The Kier molecular flexibility index (Phi) is 3.84. The Bertz CT molecular complexity index is 769. The Morgan fingerprint density at radius 2 is 1.96 bits per heavy atom. The van der Waals surface area contributed by atoms with Gasteiger partial charge in [0.1, 0.15) is 18.1 Å². The summed E-state index contributed by atoms with van der Waals surface area (Å²) in [6.45, 7) is 0.240. The van der Waals surface area contributed by atoms with Gasteiger partial charge in [0.25, 0.3) is 5.69 Å². The molecule has 1 aliphatic rings. The van der Waals surface area contributed by atoms with Crippen molar-refractivity contribution in [1.29, 1.82) is 0 Å². The lowest BCUT2D eigenvalue weighted by atomic mass is 10.2. The number of non-ortho nitro benzene ring substituents is 1. The number of hydrogen-bond donors (Lipinski definition) is 1. The number of anilines is 2. The van der Waals surface area contributed by atoms with Crippen LogP contribution in [0, 0.1) is 10.1 Å². The molecule has 23 heavy (non-hydrogen) atoms. The lowest BCUT2D eigenvalue weighted by Crippen LogP contribution is -2.23. The van der Waals surface area contributed by atoms with Gasteiger partial charge in [-0.05, 0) is 30.3 Å². The number of aliphatic imine (C=N–C) groups is 1. The van der Waals surface area contributed by atoms with Crippen molar-refractivity contribution in [3.63, 3.8) is 0 Å². The first-order valence-electron chi connectivity index (χ1n) is 7.06. The van der Waals surface area contributed by atoms with E-state index in [0.29, 0.717) is 17.3 Å². The summed E-state index contributed by atoms with van der Waals surface area (Å²) >= 11 is 0. The maximum atomic E-state index is 10.8. The van der Waals surface area contributed by atoms with E-state index < -0.39 is 4.92 Å². The molecule has 1 N–H and O–H groups in total. The molecule has 118 valence electrons. The standard InChI is InChI=1S/C16H16N4O3/c1-19(2)12-5-3-11(4-6-12)17-16-10-23-15-9-13(20(21)22)7-8-14(15)18-16/h3-9H,10H2,1-2H3,(H,17,18). The number of rotatable bonds is 3. The molecule has 0 atom stereocenters. The third kappa shape index (κ3) is 3.23. The fraction of sp³-hybridized carbons (Fsp3) is 0.188. The molecule has 0 bridgehead atoms. The summed E-state index contributed by atoms with van der Waals surface area (Å²) in [5.74, 6) is 1.08. The molecule has 7 nitrogen and oxygen atoms in total. The molecule has 2 aromatic rings. The van der Waals surface area contributed by atoms with Crippen molar-refractivity contribution in [2.45, 2.75) is 0 Å². The van der Waals surface area contributed by atoms with Gasteiger partial charge in [0, 0.05) is 31.5 Å². The first-order chi connectivity index (χ1) is 11.0. The molecule has 1 heterocycles. The smallest absolute Gasteiger partial charge is 0.273 e. The van der Waals surface area contributed by atoms with Crippen molar-refractivity contribution in [3.05, 3.63) is 52.6 Å². The van der Waals surface area contributed by atoms with Crippen LogP contribution < -0.4 is 15.0 Å². The number of nitrogens with one attached hydrogen (secondary N) is 1. The van der Waals surface area contributed by atoms with E-state index in [0.717, 1.165) is 11.4 Å². The second kappa shape index (κ2) is 5.96. The minimum absolute atomic E-state index is 0.00497. The van der Waals surface area contributed by atoms with E-state index in [4.69, 9.17) is 4.74 Å². The predicted octanol–water partition coefficient (Wildman–Crippen LogP) is 3.20. The van der Waals surface area contributed by atoms with Crippen LogP contribution in [0.15, 0.2) is 47.5 Å². The van der Waals surface area contributed by atoms with Gasteiger partial charge in [-0.1, -0.05) is 0 Å². The Morgan fingerprint density at radius 1 is 1.22 bits per heavy atom. The molecule has 0 unspecified atom stereocenters. The SMILES string of the molecule is CN(C)c1ccc(NC2=Nc3ccc([N+](=O)[O-])cc3OC2)cc1. The summed E-state index contributed by atoms with van der Waals surface area (Å²) in [5.41, 5.74) is 2.59. The second-order valence-corrected chi connectivity index (χ2v) is 5.32. The lowest BCUT2D eigenvalue weighted by Gasteiger charge is -2.18. The van der Waals surface area contributed by atoms with Gasteiger partial charge in [0.05, 0.1) is 11.0 Å². The minimum Gasteiger partial charge on any atom is -0.483 e. The van der Waals surface area contributed by atoms with Crippen LogP contribution in [-0.4, -0.2) is 31.5 Å². The van der Waals surface area contributed by atoms with Crippen LogP contribution in [-0.2, 0) is 0 Å². The molecular weight excluding hydrogens is 296 g/mol. The summed E-state index contributed by atoms with van der Waals surface area (Å²) in [4.78, 5) is 16.8. The van der Waals surface area contributed by atoms with E-state index in [-0.39, 0.29) is 12.3 Å². The highest BCUT2D eigenvalue weighted by Gasteiger charge is 2.17. The summed E-state index contributed by atoms with van der Waals surface area (Å²) in [7, 11) is 3.97. The molecule has 0 amide bonds. The van der Waals surface area contributed by atoms with E-state index >= 15 is 0 Å². The molecule has 7 heteroatoms. The van der Waals surface area contributed by atoms with Gasteiger partial charge in [-0.2, -0.15) is 0 Å². The van der Waals surface area contributed by atoms with Crippen LogP contribution in [0.5, 0.6) is 5.75 Å². The van der Waals surface area contributed by atoms with Gasteiger partial charge < -0.3 is 15.0 Å². The third-order valence-electron chi connectivity index (χ3n) is 3.45. The van der Waals surface area contributed by atoms with Crippen molar-refractivity contribution < 1.29 is 9.66 Å². The molecule has 0 spiro atoms. The van der Waals surface area contributed by atoms with E-state index in [1.165, 1.54) is 12.1 Å². The van der Waals surface area contributed by atoms with Crippen molar-refractivity contribution in [2.24, 2.45) is 4.99 Å². The first-order valence-corrected chi connectivity index (χ1v) is 7.06. The van der Waals surface area contributed by atoms with Gasteiger partial charge >= 0.3 is 0 Å². The Hall–Kier alpha value is -3.09. The fourth-order valence-corrected chi connectivity index (χ4v) is 2.22. The molecule has 2 aromatic carbocycles. The first kappa shape index (κ1) is 14.8. The van der Waals surface area contributed by atoms with Crippen LogP contribution in [0.1, 0.15) is 0 Å². The zero-order valence-corrected chi connectivity index (χ0v) is 12.8. The number of nitro benzene ring substituents is 1. The lowest BCUT2D eigenvalue weighted by molar-refractivity contribution is -0.384. The number of amidine groups is 1. The molecule has 0 aliphatic carbocycles. The molecule has 1 aliphatic heterocycles. The number of benzene rings is 2. The van der Waals surface area contributed by atoms with Crippen molar-refractivity contribution in [1.82, 2.24) is 0 Å². The number of fused-ring (bicyclic) bond motifs is 1. The molecule has 0 radical (unpaired) electrons. The molecule has 0 saturated carbocycles. The normalized spacial score (nSPS) is 12.7. The van der Waals surface area contributed by atoms with E-state index in [1.54, 1.807) is 6.07 Å². The highest BCUT2D eigenvalue weighted by Crippen LogP contribution is 2.34. The average molecular weight is 312 g/mol. The number of nitrogens with zero attached hydrogens (tertiary/aromatic N) is 3. The predicted molar refractivity (Wildman–Crippen MR) is 90.1 cm³/mol. The van der Waals surface area contributed by atoms with Crippen LogP contribution in [0.25, 0.3) is 0 Å². The van der Waals surface area contributed by atoms with E-state index in [9.17, 15) is 10.1 Å². The number of nitro groups is 1. The Morgan fingerprint density at radius 3 is 2.61 bits per heavy atom. The van der Waals surface area contributed by atoms with Crippen LogP contribution >= 0.6 is 0 Å². The van der Waals surface area contributed by atoms with Crippen molar-refractivity contribution in [3.8, 4) is 5.75 Å². The van der Waals surface area contributed by atoms with Crippen molar-refractivity contribution >= 4 is 28.6 Å². The van der Waals surface area contributed by atoms with Crippen LogP contribution in [0.3, 0.4) is 0 Å².